The van der Waals surface area contributed by atoms with Gasteiger partial charge >= 0.3 is 19.8 Å². The van der Waals surface area contributed by atoms with Crippen molar-refractivity contribution in [1.29, 1.82) is 0 Å². The van der Waals surface area contributed by atoms with E-state index in [1.807, 2.05) is 6.92 Å². The number of carbonyl (C=O) groups is 2. The molecule has 0 aromatic heterocycles. The Labute approximate surface area is 235 Å². The fourth-order valence-electron chi connectivity index (χ4n) is 3.15. The van der Waals surface area contributed by atoms with Crippen molar-refractivity contribution >= 4 is 19.8 Å². The van der Waals surface area contributed by atoms with Gasteiger partial charge in [0.15, 0.2) is 6.10 Å². The van der Waals surface area contributed by atoms with Crippen molar-refractivity contribution < 1.29 is 37.6 Å². The van der Waals surface area contributed by atoms with Gasteiger partial charge in [0.05, 0.1) is 13.2 Å². The molecule has 0 saturated carbocycles. The molecular weight excluding hydrogens is 521 g/mol. The smallest absolute Gasteiger partial charge is 0.462 e. The van der Waals surface area contributed by atoms with Crippen LogP contribution in [0.5, 0.6) is 0 Å². The third kappa shape index (κ3) is 26.0. The first-order valence-corrected chi connectivity index (χ1v) is 15.6. The number of rotatable bonds is 25. The summed E-state index contributed by atoms with van der Waals surface area (Å²) in [5, 5.41) is 0. The summed E-state index contributed by atoms with van der Waals surface area (Å²) in [6.45, 7) is 3.32. The van der Waals surface area contributed by atoms with Gasteiger partial charge in [-0.15, -0.1) is 0 Å². The zero-order valence-corrected chi connectivity index (χ0v) is 24.7. The Morgan fingerprint density at radius 1 is 0.795 bits per heavy atom. The molecule has 0 aromatic rings. The van der Waals surface area contributed by atoms with Crippen LogP contribution in [-0.4, -0.2) is 49.3 Å². The lowest BCUT2D eigenvalue weighted by molar-refractivity contribution is -0.161. The maximum absolute atomic E-state index is 12.3. The molecule has 0 bridgehead atoms. The minimum Gasteiger partial charge on any atom is -0.462 e. The van der Waals surface area contributed by atoms with E-state index in [0.29, 0.717) is 12.8 Å². The van der Waals surface area contributed by atoms with Gasteiger partial charge < -0.3 is 20.1 Å². The number of ether oxygens (including phenoxy) is 2. The number of hydrogen-bond donors (Lipinski definition) is 2. The van der Waals surface area contributed by atoms with E-state index < -0.39 is 32.5 Å². The standard InChI is InChI=1S/C29H50NO8P/c1-3-5-7-8-9-10-11-12-13-14-15-16-17-18-20-22-29(32)38-27(25-35-28(31)21-19-6-4-2)26-37-39(33,34)36-24-23-30/h5,7,9-10,12-13,15-16,27H,3-4,6,8,11,14,17-26,30H2,1-2H3,(H,33,34)/b7-5-,10-9-,13-12-,16-15-. The molecule has 10 heteroatoms. The van der Waals surface area contributed by atoms with Gasteiger partial charge in [0.25, 0.3) is 0 Å². The SMILES string of the molecule is CC/C=C\C/C=C\C/C=C\C/C=C\CCCCC(=O)OC(COC(=O)CCCCC)COP(=O)(O)OCCN. The van der Waals surface area contributed by atoms with Crippen LogP contribution >= 0.6 is 7.82 Å². The predicted octanol–water partition coefficient (Wildman–Crippen LogP) is 6.48. The molecule has 0 heterocycles. The second-order valence-electron chi connectivity index (χ2n) is 8.88. The molecule has 2 unspecified atom stereocenters. The lowest BCUT2D eigenvalue weighted by Crippen LogP contribution is -2.29. The largest absolute Gasteiger partial charge is 0.472 e. The van der Waals surface area contributed by atoms with E-state index in [-0.39, 0.29) is 32.6 Å². The topological polar surface area (TPSA) is 134 Å². The average Bonchev–Trinajstić information content (AvgIpc) is 2.91. The predicted molar refractivity (Wildman–Crippen MR) is 155 cm³/mol. The number of hydrogen-bond acceptors (Lipinski definition) is 8. The van der Waals surface area contributed by atoms with Crippen LogP contribution in [0, 0.1) is 0 Å². The number of carbonyl (C=O) groups excluding carboxylic acids is 2. The highest BCUT2D eigenvalue weighted by atomic mass is 31.2. The summed E-state index contributed by atoms with van der Waals surface area (Å²) >= 11 is 0. The van der Waals surface area contributed by atoms with Crippen LogP contribution in [0.3, 0.4) is 0 Å². The van der Waals surface area contributed by atoms with Crippen molar-refractivity contribution in [3.63, 3.8) is 0 Å². The van der Waals surface area contributed by atoms with E-state index >= 15 is 0 Å². The van der Waals surface area contributed by atoms with E-state index in [1.54, 1.807) is 0 Å². The van der Waals surface area contributed by atoms with Crippen molar-refractivity contribution in [2.45, 2.75) is 97.0 Å². The molecule has 0 saturated heterocycles. The Morgan fingerprint density at radius 2 is 1.38 bits per heavy atom. The van der Waals surface area contributed by atoms with Crippen molar-refractivity contribution in [3.8, 4) is 0 Å². The van der Waals surface area contributed by atoms with Crippen molar-refractivity contribution in [3.05, 3.63) is 48.6 Å². The molecule has 3 N–H and O–H groups in total. The van der Waals surface area contributed by atoms with Crippen LogP contribution in [0.25, 0.3) is 0 Å². The fourth-order valence-corrected chi connectivity index (χ4v) is 3.92. The molecule has 2 atom stereocenters. The van der Waals surface area contributed by atoms with E-state index in [9.17, 15) is 19.0 Å². The number of phosphoric ester groups is 1. The quantitative estimate of drug-likeness (QED) is 0.0546. The van der Waals surface area contributed by atoms with Crippen LogP contribution in [0.4, 0.5) is 0 Å². The van der Waals surface area contributed by atoms with Gasteiger partial charge in [0, 0.05) is 19.4 Å². The first-order valence-electron chi connectivity index (χ1n) is 14.1. The lowest BCUT2D eigenvalue weighted by atomic mass is 10.2. The summed E-state index contributed by atoms with van der Waals surface area (Å²) in [5.41, 5.74) is 5.27. The summed E-state index contributed by atoms with van der Waals surface area (Å²) < 4.78 is 32.0. The van der Waals surface area contributed by atoms with Crippen LogP contribution in [0.1, 0.15) is 90.9 Å². The van der Waals surface area contributed by atoms with Gasteiger partial charge in [-0.3, -0.25) is 18.6 Å². The first kappa shape index (κ1) is 37.0. The zero-order chi connectivity index (χ0) is 29.0. The molecule has 9 nitrogen and oxygen atoms in total. The molecule has 0 aliphatic rings. The summed E-state index contributed by atoms with van der Waals surface area (Å²) in [5.74, 6) is -0.916. The highest BCUT2D eigenvalue weighted by Crippen LogP contribution is 2.43. The maximum Gasteiger partial charge on any atom is 0.472 e. The molecule has 0 amide bonds. The Hall–Kier alpha value is -2.03. The first-order chi connectivity index (χ1) is 18.8. The van der Waals surface area contributed by atoms with Gasteiger partial charge in [0.2, 0.25) is 0 Å². The molecule has 39 heavy (non-hydrogen) atoms. The van der Waals surface area contributed by atoms with Gasteiger partial charge in [0.1, 0.15) is 6.61 Å². The minimum absolute atomic E-state index is 0.0443. The van der Waals surface area contributed by atoms with Gasteiger partial charge in [-0.25, -0.2) is 4.57 Å². The highest BCUT2D eigenvalue weighted by Gasteiger charge is 2.25. The van der Waals surface area contributed by atoms with Crippen molar-refractivity contribution in [1.82, 2.24) is 0 Å². The van der Waals surface area contributed by atoms with E-state index in [1.165, 1.54) is 0 Å². The summed E-state index contributed by atoms with van der Waals surface area (Å²) in [6.07, 6.45) is 25.2. The second kappa shape index (κ2) is 26.2. The maximum atomic E-state index is 12.3. The molecular formula is C29H50NO8P. The summed E-state index contributed by atoms with van der Waals surface area (Å²) in [6, 6.07) is 0. The number of allylic oxidation sites excluding steroid dienone is 8. The van der Waals surface area contributed by atoms with Gasteiger partial charge in [-0.05, 0) is 51.4 Å². The van der Waals surface area contributed by atoms with Crippen LogP contribution in [-0.2, 0) is 32.7 Å². The average molecular weight is 572 g/mol. The molecule has 0 aliphatic carbocycles. The van der Waals surface area contributed by atoms with Gasteiger partial charge in [-0.2, -0.15) is 0 Å². The minimum atomic E-state index is -4.36. The molecule has 224 valence electrons. The third-order valence-corrected chi connectivity index (χ3v) is 6.21. The third-order valence-electron chi connectivity index (χ3n) is 5.23. The molecule has 0 rings (SSSR count). The van der Waals surface area contributed by atoms with Crippen LogP contribution < -0.4 is 5.73 Å². The van der Waals surface area contributed by atoms with E-state index in [0.717, 1.165) is 51.4 Å². The van der Waals surface area contributed by atoms with Crippen LogP contribution in [0.2, 0.25) is 0 Å². The fraction of sp³-hybridized carbons (Fsp3) is 0.655. The number of esters is 2. The Balaban J connectivity index is 4.34. The monoisotopic (exact) mass is 571 g/mol. The van der Waals surface area contributed by atoms with E-state index in [4.69, 9.17) is 19.7 Å². The van der Waals surface area contributed by atoms with Crippen molar-refractivity contribution in [2.75, 3.05) is 26.4 Å². The molecule has 0 spiro atoms. The molecule has 0 aromatic carbocycles. The second-order valence-corrected chi connectivity index (χ2v) is 10.3. The van der Waals surface area contributed by atoms with Crippen molar-refractivity contribution in [2.24, 2.45) is 5.73 Å². The van der Waals surface area contributed by atoms with E-state index in [2.05, 4.69) is 60.1 Å². The molecule has 0 fully saturated rings. The normalized spacial score (nSPS) is 14.5. The number of unbranched alkanes of at least 4 members (excludes halogenated alkanes) is 4. The Morgan fingerprint density at radius 3 is 2.00 bits per heavy atom. The summed E-state index contributed by atoms with van der Waals surface area (Å²) in [7, 11) is -4.36. The highest BCUT2D eigenvalue weighted by molar-refractivity contribution is 7.47. The summed E-state index contributed by atoms with van der Waals surface area (Å²) in [4.78, 5) is 33.9. The lowest BCUT2D eigenvalue weighted by Gasteiger charge is -2.19. The van der Waals surface area contributed by atoms with Crippen LogP contribution in [0.15, 0.2) is 48.6 Å². The molecule has 0 aliphatic heterocycles. The Kier molecular flexibility index (Phi) is 24.8. The number of nitrogens with two attached hydrogens (primary N) is 1. The van der Waals surface area contributed by atoms with Gasteiger partial charge in [-0.1, -0.05) is 75.3 Å². The Bertz CT molecular complexity index is 794. The molecule has 0 radical (unpaired) electrons. The number of phosphoric acid groups is 1. The zero-order valence-electron chi connectivity index (χ0n) is 23.8.